The maximum atomic E-state index is 13.9. The molecule has 186 valence electrons. The van der Waals surface area contributed by atoms with E-state index in [0.717, 1.165) is 5.56 Å². The molecule has 0 radical (unpaired) electrons. The molecule has 2 saturated heterocycles. The summed E-state index contributed by atoms with van der Waals surface area (Å²) in [5, 5.41) is 6.44. The molecule has 0 aliphatic carbocycles. The van der Waals surface area contributed by atoms with E-state index in [-0.39, 0.29) is 26.2 Å². The number of carbonyl (C=O) groups is 4. The molecule has 2 fully saturated rings. The number of primary amides is 1. The molecular weight excluding hydrogens is 488 g/mol. The summed E-state index contributed by atoms with van der Waals surface area (Å²) in [6.07, 6.45) is 0.209. The Labute approximate surface area is 211 Å². The van der Waals surface area contributed by atoms with Crippen LogP contribution in [0.2, 0.25) is 5.02 Å². The van der Waals surface area contributed by atoms with Gasteiger partial charge in [0.2, 0.25) is 30.4 Å². The van der Waals surface area contributed by atoms with Crippen LogP contribution in [-0.2, 0) is 31.3 Å². The maximum absolute atomic E-state index is 13.9. The smallest absolute Gasteiger partial charge is 0.250 e. The summed E-state index contributed by atoms with van der Waals surface area (Å²) in [4.78, 5) is 53.9. The van der Waals surface area contributed by atoms with Gasteiger partial charge in [0, 0.05) is 18.0 Å². The van der Waals surface area contributed by atoms with Crippen molar-refractivity contribution in [1.82, 2.24) is 10.2 Å². The zero-order valence-corrected chi connectivity index (χ0v) is 20.1. The monoisotopic (exact) mass is 510 g/mol. The molecular formula is C25H23ClN4O6. The predicted molar refractivity (Wildman–Crippen MR) is 127 cm³/mol. The number of fused-ring (bicyclic) bond motifs is 5. The molecule has 11 heteroatoms. The molecule has 2 aromatic rings. The number of hydrogen-bond donors (Lipinski definition) is 3. The summed E-state index contributed by atoms with van der Waals surface area (Å²) in [7, 11) is 0. The molecule has 10 nitrogen and oxygen atoms in total. The van der Waals surface area contributed by atoms with Crippen molar-refractivity contribution in [3.63, 3.8) is 0 Å². The molecule has 2 aromatic carbocycles. The summed E-state index contributed by atoms with van der Waals surface area (Å²) in [6, 6.07) is 8.14. The lowest BCUT2D eigenvalue weighted by atomic mass is 9.76. The number of carbonyl (C=O) groups excluding carboxylic acids is 4. The van der Waals surface area contributed by atoms with Crippen LogP contribution in [0.3, 0.4) is 0 Å². The van der Waals surface area contributed by atoms with Gasteiger partial charge < -0.3 is 20.5 Å². The van der Waals surface area contributed by atoms with Crippen molar-refractivity contribution in [3.8, 4) is 11.5 Å². The van der Waals surface area contributed by atoms with Crippen LogP contribution in [0.4, 0.5) is 5.69 Å². The van der Waals surface area contributed by atoms with Gasteiger partial charge in [0.1, 0.15) is 5.54 Å². The van der Waals surface area contributed by atoms with Crippen molar-refractivity contribution in [2.45, 2.75) is 37.9 Å². The summed E-state index contributed by atoms with van der Waals surface area (Å²) in [5.74, 6) is -2.56. The third-order valence-electron chi connectivity index (χ3n) is 7.49. The third kappa shape index (κ3) is 3.14. The zero-order chi connectivity index (χ0) is 25.4. The average Bonchev–Trinajstić information content (AvgIpc) is 3.55. The van der Waals surface area contributed by atoms with Crippen molar-refractivity contribution >= 4 is 40.9 Å². The quantitative estimate of drug-likeness (QED) is 0.518. The van der Waals surface area contributed by atoms with Crippen LogP contribution in [0.25, 0.3) is 0 Å². The molecule has 4 aliphatic heterocycles. The van der Waals surface area contributed by atoms with E-state index in [0.29, 0.717) is 33.3 Å². The Balaban J connectivity index is 1.42. The number of likely N-dealkylation sites (tertiary alicyclic amines) is 1. The standard InChI is InChI=1S/C25H23ClN4O6/c1-11-6-13-21(14(26)7-11)28-24(34)25(13)20-19(15(29-25)3-5-18(27)31)22(32)30(23(20)33)9-12-2-4-16-17(8-12)36-10-35-16/h2,4,6-8,15,19-20,29H,3,5,9-10H2,1H3,(H2,27,31)(H,28,34). The number of amides is 4. The van der Waals surface area contributed by atoms with Crippen molar-refractivity contribution in [3.05, 3.63) is 52.0 Å². The van der Waals surface area contributed by atoms with Gasteiger partial charge in [-0.05, 0) is 42.7 Å². The van der Waals surface area contributed by atoms with Crippen LogP contribution in [0.5, 0.6) is 11.5 Å². The van der Waals surface area contributed by atoms with E-state index < -0.39 is 47.0 Å². The van der Waals surface area contributed by atoms with E-state index in [2.05, 4.69) is 10.6 Å². The van der Waals surface area contributed by atoms with Crippen LogP contribution in [0, 0.1) is 18.8 Å². The van der Waals surface area contributed by atoms with Gasteiger partial charge in [-0.1, -0.05) is 23.7 Å². The van der Waals surface area contributed by atoms with Crippen molar-refractivity contribution in [1.29, 1.82) is 0 Å². The minimum Gasteiger partial charge on any atom is -0.454 e. The molecule has 0 bridgehead atoms. The fourth-order valence-corrected chi connectivity index (χ4v) is 6.30. The first kappa shape index (κ1) is 22.8. The van der Waals surface area contributed by atoms with Gasteiger partial charge in [-0.15, -0.1) is 0 Å². The number of aryl methyl sites for hydroxylation is 1. The second-order valence-electron chi connectivity index (χ2n) is 9.64. The van der Waals surface area contributed by atoms with Gasteiger partial charge in [0.25, 0.3) is 0 Å². The molecule has 1 spiro atoms. The molecule has 6 rings (SSSR count). The molecule has 0 aromatic heterocycles. The fraction of sp³-hybridized carbons (Fsp3) is 0.360. The highest BCUT2D eigenvalue weighted by Crippen LogP contribution is 2.55. The molecule has 4 N–H and O–H groups in total. The van der Waals surface area contributed by atoms with Gasteiger partial charge in [-0.2, -0.15) is 0 Å². The average molecular weight is 511 g/mol. The fourth-order valence-electron chi connectivity index (χ4n) is 5.98. The van der Waals surface area contributed by atoms with E-state index in [1.807, 2.05) is 6.92 Å². The van der Waals surface area contributed by atoms with Crippen LogP contribution in [0.1, 0.15) is 29.5 Å². The molecule has 36 heavy (non-hydrogen) atoms. The van der Waals surface area contributed by atoms with Crippen molar-refractivity contribution < 1.29 is 28.7 Å². The molecule has 4 heterocycles. The first-order chi connectivity index (χ1) is 17.2. The number of rotatable bonds is 5. The van der Waals surface area contributed by atoms with Crippen molar-refractivity contribution in [2.75, 3.05) is 12.1 Å². The van der Waals surface area contributed by atoms with E-state index in [9.17, 15) is 19.2 Å². The number of nitrogens with two attached hydrogens (primary N) is 1. The van der Waals surface area contributed by atoms with E-state index in [4.69, 9.17) is 26.8 Å². The van der Waals surface area contributed by atoms with Gasteiger partial charge in [0.05, 0.1) is 29.1 Å². The highest BCUT2D eigenvalue weighted by molar-refractivity contribution is 6.35. The van der Waals surface area contributed by atoms with Gasteiger partial charge in [0.15, 0.2) is 11.5 Å². The normalized spacial score (nSPS) is 27.6. The highest BCUT2D eigenvalue weighted by Gasteiger charge is 2.70. The van der Waals surface area contributed by atoms with Gasteiger partial charge >= 0.3 is 0 Å². The lowest BCUT2D eigenvalue weighted by Crippen LogP contribution is -2.53. The Morgan fingerprint density at radius 3 is 2.72 bits per heavy atom. The largest absolute Gasteiger partial charge is 0.454 e. The third-order valence-corrected chi connectivity index (χ3v) is 7.79. The number of anilines is 1. The number of ether oxygens (including phenoxy) is 2. The van der Waals surface area contributed by atoms with Crippen LogP contribution < -0.4 is 25.8 Å². The second-order valence-corrected chi connectivity index (χ2v) is 10.0. The number of benzene rings is 2. The Morgan fingerprint density at radius 1 is 1.17 bits per heavy atom. The zero-order valence-electron chi connectivity index (χ0n) is 19.3. The summed E-state index contributed by atoms with van der Waals surface area (Å²) in [6.45, 7) is 1.97. The second kappa shape index (κ2) is 7.94. The molecule has 4 aliphatic rings. The number of imide groups is 1. The first-order valence-electron chi connectivity index (χ1n) is 11.6. The minimum absolute atomic E-state index is 0.00362. The predicted octanol–water partition coefficient (Wildman–Crippen LogP) is 1.56. The SMILES string of the molecule is Cc1cc(Cl)c2c(c1)C1(NC(CCC(N)=O)C3C(=O)N(Cc4ccc5c(c4)OCO5)C(=O)C31)C(=O)N2. The van der Waals surface area contributed by atoms with Crippen molar-refractivity contribution in [2.24, 2.45) is 17.6 Å². The molecule has 4 atom stereocenters. The highest BCUT2D eigenvalue weighted by atomic mass is 35.5. The molecule has 4 unspecified atom stereocenters. The first-order valence-corrected chi connectivity index (χ1v) is 12.0. The van der Waals surface area contributed by atoms with Crippen LogP contribution >= 0.6 is 11.6 Å². The Morgan fingerprint density at radius 2 is 1.94 bits per heavy atom. The Kier molecular flexibility index (Phi) is 5.03. The topological polar surface area (TPSA) is 140 Å². The van der Waals surface area contributed by atoms with Gasteiger partial charge in [-0.3, -0.25) is 29.4 Å². The lowest BCUT2D eigenvalue weighted by Gasteiger charge is -2.29. The molecule has 0 saturated carbocycles. The summed E-state index contributed by atoms with van der Waals surface area (Å²) < 4.78 is 10.8. The van der Waals surface area contributed by atoms with E-state index in [1.54, 1.807) is 30.3 Å². The Bertz CT molecular complexity index is 1360. The van der Waals surface area contributed by atoms with Crippen LogP contribution in [0.15, 0.2) is 30.3 Å². The van der Waals surface area contributed by atoms with E-state index in [1.165, 1.54) is 4.90 Å². The lowest BCUT2D eigenvalue weighted by molar-refractivity contribution is -0.143. The summed E-state index contributed by atoms with van der Waals surface area (Å²) in [5.41, 5.74) is 6.34. The number of nitrogens with zero attached hydrogens (tertiary/aromatic N) is 1. The van der Waals surface area contributed by atoms with Gasteiger partial charge in [-0.25, -0.2) is 0 Å². The van der Waals surface area contributed by atoms with E-state index >= 15 is 0 Å². The molecule has 4 amide bonds. The maximum Gasteiger partial charge on any atom is 0.250 e. The Hall–Kier alpha value is -3.63. The number of hydrogen-bond acceptors (Lipinski definition) is 7. The van der Waals surface area contributed by atoms with Crippen LogP contribution in [-0.4, -0.2) is 41.4 Å². The number of halogens is 1. The summed E-state index contributed by atoms with van der Waals surface area (Å²) >= 11 is 6.44. The number of nitrogens with one attached hydrogen (secondary N) is 2. The minimum atomic E-state index is -1.49.